The predicted molar refractivity (Wildman–Crippen MR) is 112 cm³/mol. The molecular formula is C21H18N2O2S2. The molecule has 0 amide bonds. The molecule has 0 unspecified atom stereocenters. The van der Waals surface area contributed by atoms with Crippen molar-refractivity contribution in [3.8, 4) is 11.3 Å². The van der Waals surface area contributed by atoms with Gasteiger partial charge in [-0.1, -0.05) is 61.5 Å². The first-order valence-electron chi connectivity index (χ1n) is 8.61. The number of anilines is 1. The van der Waals surface area contributed by atoms with Gasteiger partial charge in [0, 0.05) is 10.9 Å². The van der Waals surface area contributed by atoms with E-state index in [1.807, 2.05) is 47.8 Å². The molecule has 0 atom stereocenters. The van der Waals surface area contributed by atoms with Gasteiger partial charge in [0.25, 0.3) is 10.0 Å². The number of nitrogens with zero attached hydrogens (tertiary/aromatic N) is 1. The van der Waals surface area contributed by atoms with Crippen LogP contribution in [0.4, 0.5) is 5.13 Å². The number of hydrogen-bond acceptors (Lipinski definition) is 4. The Kier molecular flexibility index (Phi) is 4.68. The number of nitrogens with one attached hydrogen (secondary N) is 1. The van der Waals surface area contributed by atoms with Crippen molar-refractivity contribution in [1.29, 1.82) is 0 Å². The van der Waals surface area contributed by atoms with E-state index in [0.29, 0.717) is 5.13 Å². The van der Waals surface area contributed by atoms with Gasteiger partial charge in [-0.3, -0.25) is 4.72 Å². The molecule has 0 aliphatic carbocycles. The molecule has 0 aliphatic heterocycles. The van der Waals surface area contributed by atoms with E-state index in [1.165, 1.54) is 16.9 Å². The molecule has 1 heterocycles. The Labute approximate surface area is 162 Å². The molecule has 0 spiro atoms. The Bertz CT molecular complexity index is 1200. The average Bonchev–Trinajstić information content (AvgIpc) is 3.15. The lowest BCUT2D eigenvalue weighted by Crippen LogP contribution is -2.12. The van der Waals surface area contributed by atoms with Crippen LogP contribution in [0.5, 0.6) is 0 Å². The summed E-state index contributed by atoms with van der Waals surface area (Å²) < 4.78 is 28.1. The first kappa shape index (κ1) is 17.7. The lowest BCUT2D eigenvalue weighted by atomic mass is 10.1. The van der Waals surface area contributed by atoms with Gasteiger partial charge in [-0.2, -0.15) is 0 Å². The maximum Gasteiger partial charge on any atom is 0.263 e. The molecule has 136 valence electrons. The number of aryl methyl sites for hydroxylation is 1. The third kappa shape index (κ3) is 3.72. The van der Waals surface area contributed by atoms with E-state index < -0.39 is 10.0 Å². The minimum Gasteiger partial charge on any atom is -0.255 e. The molecule has 4 nitrogen and oxygen atoms in total. The van der Waals surface area contributed by atoms with E-state index in [0.717, 1.165) is 28.5 Å². The normalized spacial score (nSPS) is 11.6. The summed E-state index contributed by atoms with van der Waals surface area (Å²) in [4.78, 5) is 4.66. The summed E-state index contributed by atoms with van der Waals surface area (Å²) >= 11 is 1.28. The van der Waals surface area contributed by atoms with Crippen LogP contribution in [-0.2, 0) is 16.4 Å². The number of fused-ring (bicyclic) bond motifs is 1. The van der Waals surface area contributed by atoms with Gasteiger partial charge in [0.15, 0.2) is 5.13 Å². The van der Waals surface area contributed by atoms with Gasteiger partial charge < -0.3 is 0 Å². The highest BCUT2D eigenvalue weighted by molar-refractivity contribution is 7.93. The Balaban J connectivity index is 1.59. The Hall–Kier alpha value is -2.70. The third-order valence-electron chi connectivity index (χ3n) is 4.42. The van der Waals surface area contributed by atoms with Crippen molar-refractivity contribution in [2.24, 2.45) is 0 Å². The molecule has 0 fully saturated rings. The van der Waals surface area contributed by atoms with Crippen molar-refractivity contribution < 1.29 is 8.42 Å². The summed E-state index contributed by atoms with van der Waals surface area (Å²) in [5.41, 5.74) is 2.99. The zero-order valence-corrected chi connectivity index (χ0v) is 16.3. The highest BCUT2D eigenvalue weighted by Gasteiger charge is 2.17. The second-order valence-electron chi connectivity index (χ2n) is 6.20. The van der Waals surface area contributed by atoms with Crippen molar-refractivity contribution in [2.45, 2.75) is 18.2 Å². The number of rotatable bonds is 5. The minimum atomic E-state index is -3.69. The largest absolute Gasteiger partial charge is 0.263 e. The summed E-state index contributed by atoms with van der Waals surface area (Å²) in [7, 11) is -3.69. The van der Waals surface area contributed by atoms with Crippen molar-refractivity contribution in [2.75, 3.05) is 4.72 Å². The first-order chi connectivity index (χ1) is 13.0. The van der Waals surface area contributed by atoms with Crippen LogP contribution in [0.25, 0.3) is 22.0 Å². The Morgan fingerprint density at radius 1 is 0.963 bits per heavy atom. The quantitative estimate of drug-likeness (QED) is 0.498. The van der Waals surface area contributed by atoms with Crippen LogP contribution in [0, 0.1) is 0 Å². The first-order valence-corrected chi connectivity index (χ1v) is 11.0. The maximum absolute atomic E-state index is 12.7. The van der Waals surface area contributed by atoms with Crippen LogP contribution in [0.3, 0.4) is 0 Å². The van der Waals surface area contributed by atoms with Gasteiger partial charge in [-0.15, -0.1) is 11.3 Å². The summed E-state index contributed by atoms with van der Waals surface area (Å²) in [6, 6.07) is 20.9. The highest BCUT2D eigenvalue weighted by atomic mass is 32.2. The predicted octanol–water partition coefficient (Wildman–Crippen LogP) is 5.33. The van der Waals surface area contributed by atoms with E-state index in [2.05, 4.69) is 28.8 Å². The van der Waals surface area contributed by atoms with Crippen LogP contribution in [0.15, 0.2) is 77.0 Å². The van der Waals surface area contributed by atoms with Gasteiger partial charge in [0.1, 0.15) is 0 Å². The fourth-order valence-corrected chi connectivity index (χ4v) is 4.88. The van der Waals surface area contributed by atoms with Gasteiger partial charge >= 0.3 is 0 Å². The second-order valence-corrected chi connectivity index (χ2v) is 8.74. The minimum absolute atomic E-state index is 0.227. The number of aromatic nitrogens is 1. The molecule has 0 bridgehead atoms. The van der Waals surface area contributed by atoms with Gasteiger partial charge in [0.2, 0.25) is 0 Å². The fraction of sp³-hybridized carbons (Fsp3) is 0.0952. The zero-order valence-electron chi connectivity index (χ0n) is 14.7. The molecule has 0 saturated heterocycles. The van der Waals surface area contributed by atoms with E-state index in [4.69, 9.17) is 0 Å². The van der Waals surface area contributed by atoms with E-state index in [-0.39, 0.29) is 4.90 Å². The molecule has 3 aromatic carbocycles. The molecule has 6 heteroatoms. The lowest BCUT2D eigenvalue weighted by Gasteiger charge is -2.06. The Morgan fingerprint density at radius 2 is 1.70 bits per heavy atom. The van der Waals surface area contributed by atoms with E-state index in [9.17, 15) is 8.42 Å². The van der Waals surface area contributed by atoms with Crippen molar-refractivity contribution in [3.63, 3.8) is 0 Å². The van der Waals surface area contributed by atoms with Crippen molar-refractivity contribution in [1.82, 2.24) is 4.98 Å². The summed E-state index contributed by atoms with van der Waals surface area (Å²) in [6.07, 6.45) is 0.980. The maximum atomic E-state index is 12.7. The van der Waals surface area contributed by atoms with Crippen LogP contribution >= 0.6 is 11.3 Å². The number of hydrogen-bond donors (Lipinski definition) is 1. The SMILES string of the molecule is CCc1ccc(-c2csc(NS(=O)(=O)c3ccc4ccccc4c3)n2)cc1. The summed E-state index contributed by atoms with van der Waals surface area (Å²) in [6.45, 7) is 2.11. The third-order valence-corrected chi connectivity index (χ3v) is 6.64. The van der Waals surface area contributed by atoms with Gasteiger partial charge in [0.05, 0.1) is 10.6 Å². The van der Waals surface area contributed by atoms with Crippen molar-refractivity contribution in [3.05, 3.63) is 77.7 Å². The van der Waals surface area contributed by atoms with Crippen LogP contribution < -0.4 is 4.72 Å². The highest BCUT2D eigenvalue weighted by Crippen LogP contribution is 2.27. The van der Waals surface area contributed by atoms with Gasteiger partial charge in [-0.25, -0.2) is 13.4 Å². The molecule has 0 saturated carbocycles. The topological polar surface area (TPSA) is 59.1 Å². The average molecular weight is 395 g/mol. The molecule has 4 aromatic rings. The molecule has 1 aromatic heterocycles. The molecule has 1 N–H and O–H groups in total. The number of thiazole rings is 1. The summed E-state index contributed by atoms with van der Waals surface area (Å²) in [5, 5.41) is 4.11. The molecule has 0 aliphatic rings. The molecule has 27 heavy (non-hydrogen) atoms. The zero-order chi connectivity index (χ0) is 18.9. The second kappa shape index (κ2) is 7.13. The molecule has 0 radical (unpaired) electrons. The summed E-state index contributed by atoms with van der Waals surface area (Å²) in [5.74, 6) is 0. The lowest BCUT2D eigenvalue weighted by molar-refractivity contribution is 0.601. The van der Waals surface area contributed by atoms with E-state index >= 15 is 0 Å². The van der Waals surface area contributed by atoms with Crippen molar-refractivity contribution >= 4 is 37.3 Å². The standard InChI is InChI=1S/C21H18N2O2S2/c1-2-15-7-9-17(10-8-15)20-14-26-21(22-20)23-27(24,25)19-12-11-16-5-3-4-6-18(16)13-19/h3-14H,2H2,1H3,(H,22,23). The number of sulfonamides is 1. The van der Waals surface area contributed by atoms with Crippen LogP contribution in [0.1, 0.15) is 12.5 Å². The molecule has 4 rings (SSSR count). The van der Waals surface area contributed by atoms with Crippen LogP contribution in [-0.4, -0.2) is 13.4 Å². The number of benzene rings is 3. The van der Waals surface area contributed by atoms with Gasteiger partial charge in [-0.05, 0) is 34.9 Å². The smallest absolute Gasteiger partial charge is 0.255 e. The van der Waals surface area contributed by atoms with E-state index in [1.54, 1.807) is 12.1 Å². The Morgan fingerprint density at radius 3 is 2.44 bits per heavy atom. The molecular weight excluding hydrogens is 376 g/mol. The van der Waals surface area contributed by atoms with Crippen LogP contribution in [0.2, 0.25) is 0 Å². The monoisotopic (exact) mass is 394 g/mol. The fourth-order valence-electron chi connectivity index (χ4n) is 2.87.